The summed E-state index contributed by atoms with van der Waals surface area (Å²) in [7, 11) is 0. The van der Waals surface area contributed by atoms with E-state index in [0.717, 1.165) is 4.47 Å². The van der Waals surface area contributed by atoms with E-state index in [4.69, 9.17) is 33.0 Å². The average molecular weight is 362 g/mol. The minimum atomic E-state index is -1.16. The first-order chi connectivity index (χ1) is 8.99. The third kappa shape index (κ3) is 3.21. The standard InChI is InChI=1S/C13H7BrCl2O3/c14-7-4-5-10(9(16)6-7)19-11-3-1-2-8(15)12(11)13(17)18/h1-6H,(H,17,18). The smallest absolute Gasteiger partial charge is 0.341 e. The minimum absolute atomic E-state index is 0.0943. The summed E-state index contributed by atoms with van der Waals surface area (Å²) in [5, 5.41) is 9.61. The number of hydrogen-bond donors (Lipinski definition) is 1. The van der Waals surface area contributed by atoms with Crippen LogP contribution in [0.2, 0.25) is 10.0 Å². The van der Waals surface area contributed by atoms with E-state index >= 15 is 0 Å². The zero-order chi connectivity index (χ0) is 14.0. The molecule has 0 atom stereocenters. The molecule has 98 valence electrons. The molecule has 2 rings (SSSR count). The summed E-state index contributed by atoms with van der Waals surface area (Å²) >= 11 is 15.1. The first-order valence-electron chi connectivity index (χ1n) is 5.13. The maximum Gasteiger partial charge on any atom is 0.341 e. The monoisotopic (exact) mass is 360 g/mol. The fourth-order valence-corrected chi connectivity index (χ4v) is 2.43. The Morgan fingerprint density at radius 3 is 2.47 bits per heavy atom. The molecule has 0 saturated carbocycles. The van der Waals surface area contributed by atoms with Gasteiger partial charge in [-0.2, -0.15) is 0 Å². The Bertz CT molecular complexity index is 644. The van der Waals surface area contributed by atoms with E-state index < -0.39 is 5.97 Å². The molecule has 0 amide bonds. The molecule has 0 radical (unpaired) electrons. The fraction of sp³-hybridized carbons (Fsp3) is 0. The van der Waals surface area contributed by atoms with E-state index in [9.17, 15) is 4.79 Å². The summed E-state index contributed by atoms with van der Waals surface area (Å²) in [6.07, 6.45) is 0. The highest BCUT2D eigenvalue weighted by Crippen LogP contribution is 2.35. The Labute approximate surface area is 127 Å². The van der Waals surface area contributed by atoms with Gasteiger partial charge in [-0.1, -0.05) is 45.2 Å². The third-order valence-electron chi connectivity index (χ3n) is 2.30. The first-order valence-corrected chi connectivity index (χ1v) is 6.68. The molecule has 0 aromatic heterocycles. The molecular formula is C13H7BrCl2O3. The molecule has 0 aliphatic carbocycles. The number of halogens is 3. The Morgan fingerprint density at radius 1 is 1.11 bits per heavy atom. The maximum atomic E-state index is 11.2. The molecule has 0 saturated heterocycles. The Hall–Kier alpha value is -1.23. The van der Waals surface area contributed by atoms with E-state index in [1.54, 1.807) is 24.3 Å². The number of hydrogen-bond acceptors (Lipinski definition) is 2. The van der Waals surface area contributed by atoms with Crippen LogP contribution in [0.15, 0.2) is 40.9 Å². The Kier molecular flexibility index (Phi) is 4.34. The molecule has 0 heterocycles. The average Bonchev–Trinajstić information content (AvgIpc) is 2.32. The molecule has 2 aromatic carbocycles. The number of carboxylic acids is 1. The molecule has 1 N–H and O–H groups in total. The first kappa shape index (κ1) is 14.2. The highest BCUT2D eigenvalue weighted by atomic mass is 79.9. The van der Waals surface area contributed by atoms with Crippen molar-refractivity contribution in [3.8, 4) is 11.5 Å². The molecule has 0 aliphatic heterocycles. The molecular weight excluding hydrogens is 355 g/mol. The summed E-state index contributed by atoms with van der Waals surface area (Å²) in [6.45, 7) is 0. The van der Waals surface area contributed by atoms with Gasteiger partial charge in [0.1, 0.15) is 17.1 Å². The van der Waals surface area contributed by atoms with Crippen molar-refractivity contribution in [2.75, 3.05) is 0 Å². The number of aromatic carboxylic acids is 1. The van der Waals surface area contributed by atoms with Crippen LogP contribution in [0.25, 0.3) is 0 Å². The van der Waals surface area contributed by atoms with Crippen LogP contribution in [0.3, 0.4) is 0 Å². The summed E-state index contributed by atoms with van der Waals surface area (Å²) in [5.74, 6) is -0.660. The summed E-state index contributed by atoms with van der Waals surface area (Å²) in [5.41, 5.74) is -0.0943. The SMILES string of the molecule is O=C(O)c1c(Cl)cccc1Oc1ccc(Br)cc1Cl. The second-order valence-corrected chi connectivity index (χ2v) is 5.33. The third-order valence-corrected chi connectivity index (χ3v) is 3.41. The molecule has 0 aliphatic rings. The number of ether oxygens (including phenoxy) is 1. The van der Waals surface area contributed by atoms with Gasteiger partial charge in [0.05, 0.1) is 10.0 Å². The maximum absolute atomic E-state index is 11.2. The predicted molar refractivity (Wildman–Crippen MR) is 77.6 cm³/mol. The van der Waals surface area contributed by atoms with Gasteiger partial charge < -0.3 is 9.84 Å². The largest absolute Gasteiger partial charge is 0.478 e. The second kappa shape index (κ2) is 5.82. The zero-order valence-corrected chi connectivity index (χ0v) is 12.5. The van der Waals surface area contributed by atoms with Crippen LogP contribution in [0.1, 0.15) is 10.4 Å². The summed E-state index contributed by atoms with van der Waals surface area (Å²) in [4.78, 5) is 11.2. The van der Waals surface area contributed by atoms with Crippen molar-refractivity contribution in [1.29, 1.82) is 0 Å². The number of benzene rings is 2. The fourth-order valence-electron chi connectivity index (χ4n) is 1.47. The van der Waals surface area contributed by atoms with Gasteiger partial charge in [0.2, 0.25) is 0 Å². The van der Waals surface area contributed by atoms with E-state index in [1.165, 1.54) is 12.1 Å². The molecule has 0 spiro atoms. The minimum Gasteiger partial charge on any atom is -0.478 e. The topological polar surface area (TPSA) is 46.5 Å². The molecule has 19 heavy (non-hydrogen) atoms. The van der Waals surface area contributed by atoms with Gasteiger partial charge in [-0.25, -0.2) is 4.79 Å². The lowest BCUT2D eigenvalue weighted by molar-refractivity contribution is 0.0694. The van der Waals surface area contributed by atoms with Crippen molar-refractivity contribution in [3.63, 3.8) is 0 Å². The van der Waals surface area contributed by atoms with Crippen molar-refractivity contribution < 1.29 is 14.6 Å². The summed E-state index contributed by atoms with van der Waals surface area (Å²) < 4.78 is 6.32. The lowest BCUT2D eigenvalue weighted by Gasteiger charge is -2.11. The molecule has 2 aromatic rings. The molecule has 3 nitrogen and oxygen atoms in total. The van der Waals surface area contributed by atoms with Crippen LogP contribution < -0.4 is 4.74 Å². The van der Waals surface area contributed by atoms with Gasteiger partial charge in [0, 0.05) is 4.47 Å². The van der Waals surface area contributed by atoms with Crippen LogP contribution in [0.5, 0.6) is 11.5 Å². The highest BCUT2D eigenvalue weighted by molar-refractivity contribution is 9.10. The second-order valence-electron chi connectivity index (χ2n) is 3.59. The van der Waals surface area contributed by atoms with E-state index in [0.29, 0.717) is 10.8 Å². The highest BCUT2D eigenvalue weighted by Gasteiger charge is 2.17. The normalized spacial score (nSPS) is 10.3. The number of rotatable bonds is 3. The number of carbonyl (C=O) groups is 1. The quantitative estimate of drug-likeness (QED) is 0.812. The van der Waals surface area contributed by atoms with Gasteiger partial charge in [-0.3, -0.25) is 0 Å². The van der Waals surface area contributed by atoms with Crippen LogP contribution in [-0.2, 0) is 0 Å². The van der Waals surface area contributed by atoms with E-state index in [1.807, 2.05) is 0 Å². The van der Waals surface area contributed by atoms with E-state index in [2.05, 4.69) is 15.9 Å². The summed E-state index contributed by atoms with van der Waals surface area (Å²) in [6, 6.07) is 9.65. The van der Waals surface area contributed by atoms with Crippen LogP contribution in [0.4, 0.5) is 0 Å². The van der Waals surface area contributed by atoms with Crippen molar-refractivity contribution >= 4 is 45.1 Å². The molecule has 0 fully saturated rings. The van der Waals surface area contributed by atoms with E-state index in [-0.39, 0.29) is 16.3 Å². The Balaban J connectivity index is 2.44. The molecule has 6 heteroatoms. The van der Waals surface area contributed by atoms with Crippen molar-refractivity contribution in [2.24, 2.45) is 0 Å². The van der Waals surface area contributed by atoms with Gasteiger partial charge >= 0.3 is 5.97 Å². The van der Waals surface area contributed by atoms with Crippen molar-refractivity contribution in [2.45, 2.75) is 0 Å². The molecule has 0 bridgehead atoms. The predicted octanol–water partition coefficient (Wildman–Crippen LogP) is 5.25. The molecule has 0 unspecified atom stereocenters. The van der Waals surface area contributed by atoms with Crippen LogP contribution in [0, 0.1) is 0 Å². The van der Waals surface area contributed by atoms with Crippen molar-refractivity contribution in [3.05, 3.63) is 56.5 Å². The van der Waals surface area contributed by atoms with Gasteiger partial charge in [-0.05, 0) is 30.3 Å². The van der Waals surface area contributed by atoms with Crippen molar-refractivity contribution in [1.82, 2.24) is 0 Å². The van der Waals surface area contributed by atoms with Crippen LogP contribution >= 0.6 is 39.1 Å². The zero-order valence-electron chi connectivity index (χ0n) is 9.36. The lowest BCUT2D eigenvalue weighted by Crippen LogP contribution is -2.01. The lowest BCUT2D eigenvalue weighted by atomic mass is 10.2. The van der Waals surface area contributed by atoms with Gasteiger partial charge in [0.25, 0.3) is 0 Å². The van der Waals surface area contributed by atoms with Gasteiger partial charge in [0.15, 0.2) is 0 Å². The Morgan fingerprint density at radius 2 is 1.84 bits per heavy atom. The van der Waals surface area contributed by atoms with Gasteiger partial charge in [-0.15, -0.1) is 0 Å². The number of carboxylic acid groups (broad SMARTS) is 1. The van der Waals surface area contributed by atoms with Crippen LogP contribution in [-0.4, -0.2) is 11.1 Å².